The molecule has 0 spiro atoms. The number of benzene rings is 5. The van der Waals surface area contributed by atoms with Gasteiger partial charge in [0.25, 0.3) is 16.4 Å². The van der Waals surface area contributed by atoms with Crippen molar-refractivity contribution in [2.45, 2.75) is 11.3 Å². The summed E-state index contributed by atoms with van der Waals surface area (Å²) in [4.78, 5) is 15.1. The fraction of sp³-hybridized carbons (Fsp3) is 0.0556. The summed E-state index contributed by atoms with van der Waals surface area (Å²) in [5.41, 5.74) is 1.51. The maximum atomic E-state index is 14.9. The van der Waals surface area contributed by atoms with Crippen LogP contribution in [0.25, 0.3) is 49.3 Å². The highest BCUT2D eigenvalue weighted by Crippen LogP contribution is 2.47. The molecule has 0 unspecified atom stereocenters. The van der Waals surface area contributed by atoms with Crippen LogP contribution in [0.1, 0.15) is 22.3 Å². The van der Waals surface area contributed by atoms with Gasteiger partial charge in [0, 0.05) is 27.6 Å². The number of alkyl halides is 2. The molecule has 6 aromatic rings. The second-order valence-electron chi connectivity index (χ2n) is 10.5. The van der Waals surface area contributed by atoms with E-state index in [0.29, 0.717) is 22.3 Å². The van der Waals surface area contributed by atoms with Gasteiger partial charge in [-0.15, -0.1) is 0 Å². The number of halogens is 4. The summed E-state index contributed by atoms with van der Waals surface area (Å²) in [6.45, 7) is 7.83. The zero-order valence-corrected chi connectivity index (χ0v) is 26.4. The standard InChI is InChI=1S/C36H22ClF3N2O5S/c1-41-29-9-4-3-8-26(29)31-28-19-23(38)12-17-30(28)42(48(45,46)24-13-10-20(11-14-24)35(39)40)33(31)22-7-5-6-21(18-22)25-15-16-27(36(43)44)34(47-2)32(25)37/h3-19,35H,2H3,(H,43,44). The molecule has 1 N–H and O–H groups in total. The maximum absolute atomic E-state index is 14.9. The molecule has 0 aliphatic carbocycles. The molecule has 0 bridgehead atoms. The van der Waals surface area contributed by atoms with E-state index in [-0.39, 0.29) is 54.6 Å². The van der Waals surface area contributed by atoms with Gasteiger partial charge in [-0.25, -0.2) is 35.2 Å². The number of hydrogen-bond acceptors (Lipinski definition) is 4. The van der Waals surface area contributed by atoms with Crippen LogP contribution in [0.2, 0.25) is 5.02 Å². The van der Waals surface area contributed by atoms with Crippen molar-refractivity contribution in [3.63, 3.8) is 0 Å². The van der Waals surface area contributed by atoms with E-state index in [1.165, 1.54) is 31.4 Å². The van der Waals surface area contributed by atoms with E-state index in [0.717, 1.165) is 34.3 Å². The molecule has 1 heterocycles. The molecule has 0 atom stereocenters. The minimum atomic E-state index is -4.56. The number of fused-ring (bicyclic) bond motifs is 1. The first-order chi connectivity index (χ1) is 23.0. The zero-order valence-electron chi connectivity index (χ0n) is 24.8. The van der Waals surface area contributed by atoms with Crippen LogP contribution in [0.5, 0.6) is 5.75 Å². The molecule has 0 fully saturated rings. The van der Waals surface area contributed by atoms with E-state index in [1.54, 1.807) is 48.5 Å². The largest absolute Gasteiger partial charge is 0.494 e. The molecule has 48 heavy (non-hydrogen) atoms. The fourth-order valence-electron chi connectivity index (χ4n) is 5.67. The maximum Gasteiger partial charge on any atom is 0.339 e. The molecule has 12 heteroatoms. The van der Waals surface area contributed by atoms with Gasteiger partial charge in [0.2, 0.25) is 0 Å². The third kappa shape index (κ3) is 5.45. The smallest absolute Gasteiger partial charge is 0.339 e. The minimum Gasteiger partial charge on any atom is -0.494 e. The zero-order chi connectivity index (χ0) is 34.3. The van der Waals surface area contributed by atoms with Gasteiger partial charge in [0.05, 0.1) is 34.8 Å². The number of ether oxygens (including phenoxy) is 1. The Hall–Kier alpha value is -5.57. The average molecular weight is 687 g/mol. The molecule has 0 aliphatic rings. The molecular formula is C36H22ClF3N2O5S. The minimum absolute atomic E-state index is 0.00230. The number of rotatable bonds is 8. The van der Waals surface area contributed by atoms with Crippen molar-refractivity contribution in [1.29, 1.82) is 0 Å². The quantitative estimate of drug-likeness (QED) is 0.161. The number of para-hydroxylation sites is 1. The van der Waals surface area contributed by atoms with Crippen LogP contribution in [0.4, 0.5) is 18.9 Å². The Morgan fingerprint density at radius 3 is 2.29 bits per heavy atom. The number of carboxylic acids is 1. The van der Waals surface area contributed by atoms with Crippen LogP contribution < -0.4 is 4.74 Å². The lowest BCUT2D eigenvalue weighted by Gasteiger charge is -2.16. The predicted octanol–water partition coefficient (Wildman–Crippen LogP) is 9.87. The number of carbonyl (C=O) groups is 1. The Morgan fingerprint density at radius 1 is 0.917 bits per heavy atom. The van der Waals surface area contributed by atoms with Crippen LogP contribution in [0, 0.1) is 12.4 Å². The Balaban J connectivity index is 1.72. The Morgan fingerprint density at radius 2 is 1.62 bits per heavy atom. The molecule has 0 amide bonds. The molecule has 0 saturated carbocycles. The Bertz CT molecular complexity index is 2400. The first kappa shape index (κ1) is 32.4. The lowest BCUT2D eigenvalue weighted by molar-refractivity contribution is 0.0693. The third-order valence-electron chi connectivity index (χ3n) is 7.83. The van der Waals surface area contributed by atoms with Crippen LogP contribution in [-0.2, 0) is 10.0 Å². The van der Waals surface area contributed by atoms with Gasteiger partial charge in [-0.3, -0.25) is 0 Å². The van der Waals surface area contributed by atoms with Crippen molar-refractivity contribution >= 4 is 44.2 Å². The van der Waals surface area contributed by atoms with Gasteiger partial charge in [0.15, 0.2) is 11.4 Å². The normalized spacial score (nSPS) is 11.5. The molecule has 1 aromatic heterocycles. The average Bonchev–Trinajstić information content (AvgIpc) is 3.43. The predicted molar refractivity (Wildman–Crippen MR) is 177 cm³/mol. The lowest BCUT2D eigenvalue weighted by atomic mass is 9.95. The Labute approximate surface area is 277 Å². The van der Waals surface area contributed by atoms with E-state index in [1.807, 2.05) is 0 Å². The number of methoxy groups -OCH3 is 1. The molecule has 0 aliphatic heterocycles. The van der Waals surface area contributed by atoms with E-state index in [2.05, 4.69) is 4.85 Å². The monoisotopic (exact) mass is 686 g/mol. The van der Waals surface area contributed by atoms with Gasteiger partial charge in [0.1, 0.15) is 11.4 Å². The molecular weight excluding hydrogens is 665 g/mol. The van der Waals surface area contributed by atoms with Crippen LogP contribution in [0.3, 0.4) is 0 Å². The van der Waals surface area contributed by atoms with Gasteiger partial charge in [-0.2, -0.15) is 0 Å². The highest BCUT2D eigenvalue weighted by atomic mass is 35.5. The van der Waals surface area contributed by atoms with Gasteiger partial charge in [-0.05, 0) is 53.6 Å². The van der Waals surface area contributed by atoms with Crippen molar-refractivity contribution in [3.05, 3.63) is 137 Å². The summed E-state index contributed by atoms with van der Waals surface area (Å²) in [5, 5.41) is 9.79. The van der Waals surface area contributed by atoms with Crippen LogP contribution >= 0.6 is 11.6 Å². The van der Waals surface area contributed by atoms with Gasteiger partial charge >= 0.3 is 5.97 Å². The van der Waals surface area contributed by atoms with E-state index in [9.17, 15) is 31.5 Å². The topological polar surface area (TPSA) is 90.0 Å². The van der Waals surface area contributed by atoms with Crippen molar-refractivity contribution < 1.29 is 36.2 Å². The van der Waals surface area contributed by atoms with Crippen LogP contribution in [0.15, 0.2) is 108 Å². The summed E-state index contributed by atoms with van der Waals surface area (Å²) in [7, 11) is -3.27. The lowest BCUT2D eigenvalue weighted by Crippen LogP contribution is -2.14. The first-order valence-electron chi connectivity index (χ1n) is 14.1. The second-order valence-corrected chi connectivity index (χ2v) is 12.7. The summed E-state index contributed by atoms with van der Waals surface area (Å²) in [5.74, 6) is -1.98. The Kier molecular flexibility index (Phi) is 8.47. The van der Waals surface area contributed by atoms with Crippen molar-refractivity contribution in [1.82, 2.24) is 3.97 Å². The van der Waals surface area contributed by atoms with Gasteiger partial charge in [-0.1, -0.05) is 72.3 Å². The summed E-state index contributed by atoms with van der Waals surface area (Å²) in [6, 6.07) is 23.7. The number of aromatic carboxylic acids is 1. The van der Waals surface area contributed by atoms with Gasteiger partial charge < -0.3 is 9.84 Å². The SMILES string of the molecule is [C-]#[N+]c1ccccc1-c1c(-c2cccc(-c3ccc(C(=O)O)c(OC)c3Cl)c2)n(S(=O)(=O)c2ccc(C(F)F)cc2)c2ccc(F)cc12. The second kappa shape index (κ2) is 12.6. The first-order valence-corrected chi connectivity index (χ1v) is 15.9. The fourth-order valence-corrected chi connectivity index (χ4v) is 7.57. The van der Waals surface area contributed by atoms with E-state index < -0.39 is 28.2 Å². The summed E-state index contributed by atoms with van der Waals surface area (Å²) >= 11 is 6.64. The molecule has 6 rings (SSSR count). The third-order valence-corrected chi connectivity index (χ3v) is 9.93. The molecule has 0 saturated heterocycles. The summed E-state index contributed by atoms with van der Waals surface area (Å²) < 4.78 is 77.0. The summed E-state index contributed by atoms with van der Waals surface area (Å²) in [6.07, 6.45) is -2.82. The molecule has 240 valence electrons. The number of hydrogen-bond donors (Lipinski definition) is 1. The van der Waals surface area contributed by atoms with E-state index >= 15 is 0 Å². The van der Waals surface area contributed by atoms with Crippen LogP contribution in [-0.4, -0.2) is 30.6 Å². The van der Waals surface area contributed by atoms with E-state index in [4.69, 9.17) is 22.9 Å². The van der Waals surface area contributed by atoms with Crippen molar-refractivity contribution in [2.75, 3.05) is 7.11 Å². The number of carboxylic acid groups (broad SMARTS) is 1. The van der Waals surface area contributed by atoms with Crippen molar-refractivity contribution in [2.24, 2.45) is 0 Å². The number of nitrogens with zero attached hydrogens (tertiary/aromatic N) is 2. The van der Waals surface area contributed by atoms with Crippen molar-refractivity contribution in [3.8, 4) is 39.3 Å². The highest BCUT2D eigenvalue weighted by molar-refractivity contribution is 7.90. The highest BCUT2D eigenvalue weighted by Gasteiger charge is 2.30. The molecule has 5 aromatic carbocycles. The molecule has 0 radical (unpaired) electrons. The number of aromatic nitrogens is 1. The molecule has 7 nitrogen and oxygen atoms in total.